The van der Waals surface area contributed by atoms with Gasteiger partial charge in [-0.15, -0.1) is 0 Å². The Morgan fingerprint density at radius 1 is 1.25 bits per heavy atom. The molecule has 1 atom stereocenters. The lowest BCUT2D eigenvalue weighted by atomic mass is 9.99. The molecular weight excluding hydrogens is 382 g/mol. The fraction of sp³-hybridized carbons (Fsp3) is 0.400. The van der Waals surface area contributed by atoms with E-state index in [1.165, 1.54) is 11.1 Å². The highest BCUT2D eigenvalue weighted by Gasteiger charge is 2.19. The first-order valence-electron chi connectivity index (χ1n) is 6.69. The van der Waals surface area contributed by atoms with Crippen LogP contribution in [-0.4, -0.2) is 9.78 Å². The number of nitrogens with zero attached hydrogens (tertiary/aromatic N) is 2. The minimum atomic E-state index is -0.177. The minimum Gasteiger partial charge on any atom is -0.319 e. The first-order chi connectivity index (χ1) is 9.45. The van der Waals surface area contributed by atoms with Crippen molar-refractivity contribution < 1.29 is 0 Å². The van der Waals surface area contributed by atoms with E-state index in [0.717, 1.165) is 33.2 Å². The Hall–Kier alpha value is -0.650. The van der Waals surface area contributed by atoms with Gasteiger partial charge in [0.15, 0.2) is 0 Å². The van der Waals surface area contributed by atoms with Gasteiger partial charge >= 0.3 is 0 Å². The van der Waals surface area contributed by atoms with Crippen LogP contribution in [0, 0.1) is 13.8 Å². The number of benzene rings is 1. The monoisotopic (exact) mass is 399 g/mol. The summed E-state index contributed by atoms with van der Waals surface area (Å²) in [4.78, 5) is 0. The molecule has 0 amide bonds. The largest absolute Gasteiger partial charge is 0.319 e. The Balaban J connectivity index is 2.46. The molecule has 2 N–H and O–H groups in total. The summed E-state index contributed by atoms with van der Waals surface area (Å²) in [5.41, 5.74) is 11.0. The van der Waals surface area contributed by atoms with Gasteiger partial charge in [-0.05, 0) is 52.9 Å². The topological polar surface area (TPSA) is 43.8 Å². The fourth-order valence-electron chi connectivity index (χ4n) is 2.39. The SMILES string of the molecule is CCCn1ncc(Br)c1C(N)c1cc(C)c(Br)c(C)c1. The van der Waals surface area contributed by atoms with E-state index in [-0.39, 0.29) is 6.04 Å². The van der Waals surface area contributed by atoms with Crippen LogP contribution in [0.5, 0.6) is 0 Å². The highest BCUT2D eigenvalue weighted by Crippen LogP contribution is 2.30. The predicted octanol–water partition coefficient (Wildman–Crippen LogP) is 4.48. The molecule has 108 valence electrons. The second-order valence-electron chi connectivity index (χ2n) is 5.05. The fourth-order valence-corrected chi connectivity index (χ4v) is 3.16. The van der Waals surface area contributed by atoms with Crippen LogP contribution in [0.3, 0.4) is 0 Å². The number of aromatic nitrogens is 2. The van der Waals surface area contributed by atoms with Gasteiger partial charge in [-0.2, -0.15) is 5.10 Å². The summed E-state index contributed by atoms with van der Waals surface area (Å²) in [5.74, 6) is 0. The lowest BCUT2D eigenvalue weighted by Gasteiger charge is -2.17. The molecule has 1 aromatic heterocycles. The first-order valence-corrected chi connectivity index (χ1v) is 8.27. The zero-order valence-electron chi connectivity index (χ0n) is 12.0. The van der Waals surface area contributed by atoms with Gasteiger partial charge < -0.3 is 5.73 Å². The molecule has 1 unspecified atom stereocenters. The van der Waals surface area contributed by atoms with E-state index in [9.17, 15) is 0 Å². The molecule has 0 radical (unpaired) electrons. The second-order valence-corrected chi connectivity index (χ2v) is 6.69. The summed E-state index contributed by atoms with van der Waals surface area (Å²) >= 11 is 7.16. The van der Waals surface area contributed by atoms with E-state index >= 15 is 0 Å². The van der Waals surface area contributed by atoms with Crippen LogP contribution in [0.15, 0.2) is 27.3 Å². The van der Waals surface area contributed by atoms with E-state index in [1.807, 2.05) is 10.9 Å². The van der Waals surface area contributed by atoms with Crippen molar-refractivity contribution in [3.8, 4) is 0 Å². The van der Waals surface area contributed by atoms with E-state index in [0.29, 0.717) is 0 Å². The molecule has 0 saturated heterocycles. The minimum absolute atomic E-state index is 0.177. The van der Waals surface area contributed by atoms with Crippen molar-refractivity contribution in [3.05, 3.63) is 49.7 Å². The van der Waals surface area contributed by atoms with Gasteiger partial charge in [0.25, 0.3) is 0 Å². The van der Waals surface area contributed by atoms with E-state index in [2.05, 4.69) is 69.9 Å². The van der Waals surface area contributed by atoms with E-state index < -0.39 is 0 Å². The molecule has 0 fully saturated rings. The predicted molar refractivity (Wildman–Crippen MR) is 89.9 cm³/mol. The van der Waals surface area contributed by atoms with Crippen molar-refractivity contribution >= 4 is 31.9 Å². The number of nitrogens with two attached hydrogens (primary N) is 1. The maximum Gasteiger partial charge on any atom is 0.0738 e. The van der Waals surface area contributed by atoms with Crippen molar-refractivity contribution in [3.63, 3.8) is 0 Å². The molecule has 20 heavy (non-hydrogen) atoms. The van der Waals surface area contributed by atoms with Crippen LogP contribution < -0.4 is 5.73 Å². The van der Waals surface area contributed by atoms with Crippen LogP contribution in [0.4, 0.5) is 0 Å². The Labute approximate surface area is 136 Å². The Kier molecular flexibility index (Phi) is 5.04. The van der Waals surface area contributed by atoms with Gasteiger partial charge in [0.2, 0.25) is 0 Å². The van der Waals surface area contributed by atoms with Crippen molar-refractivity contribution in [1.29, 1.82) is 0 Å². The van der Waals surface area contributed by atoms with Crippen molar-refractivity contribution in [2.24, 2.45) is 5.73 Å². The third kappa shape index (κ3) is 3.00. The van der Waals surface area contributed by atoms with Crippen LogP contribution in [0.25, 0.3) is 0 Å². The summed E-state index contributed by atoms with van der Waals surface area (Å²) < 4.78 is 4.10. The molecule has 0 bridgehead atoms. The van der Waals surface area contributed by atoms with Gasteiger partial charge in [0.1, 0.15) is 0 Å². The summed E-state index contributed by atoms with van der Waals surface area (Å²) in [6.45, 7) is 7.19. The highest BCUT2D eigenvalue weighted by atomic mass is 79.9. The number of rotatable bonds is 4. The summed E-state index contributed by atoms with van der Waals surface area (Å²) in [5, 5.41) is 4.39. The quantitative estimate of drug-likeness (QED) is 0.821. The van der Waals surface area contributed by atoms with Crippen molar-refractivity contribution in [2.75, 3.05) is 0 Å². The molecule has 2 aromatic rings. The maximum absolute atomic E-state index is 6.47. The third-order valence-electron chi connectivity index (χ3n) is 3.38. The van der Waals surface area contributed by atoms with Gasteiger partial charge in [-0.3, -0.25) is 4.68 Å². The molecule has 2 rings (SSSR count). The summed E-state index contributed by atoms with van der Waals surface area (Å²) in [6, 6.07) is 4.10. The smallest absolute Gasteiger partial charge is 0.0738 e. The highest BCUT2D eigenvalue weighted by molar-refractivity contribution is 9.10. The Morgan fingerprint density at radius 3 is 2.40 bits per heavy atom. The second kappa shape index (κ2) is 6.41. The first kappa shape index (κ1) is 15.7. The van der Waals surface area contributed by atoms with Crippen molar-refractivity contribution in [2.45, 2.75) is 39.8 Å². The lowest BCUT2D eigenvalue weighted by Crippen LogP contribution is -2.18. The number of aryl methyl sites for hydroxylation is 3. The van der Waals surface area contributed by atoms with Crippen LogP contribution >= 0.6 is 31.9 Å². The molecular formula is C15H19Br2N3. The summed E-state index contributed by atoms with van der Waals surface area (Å²) in [6.07, 6.45) is 2.86. The maximum atomic E-state index is 6.47. The zero-order chi connectivity index (χ0) is 14.9. The molecule has 0 saturated carbocycles. The number of halogens is 2. The van der Waals surface area contributed by atoms with E-state index in [1.54, 1.807) is 0 Å². The standard InChI is InChI=1S/C15H19Br2N3/c1-4-5-20-15(12(16)8-19-20)14(18)11-6-9(2)13(17)10(3)7-11/h6-8,14H,4-5,18H2,1-3H3. The van der Waals surface area contributed by atoms with E-state index in [4.69, 9.17) is 5.73 Å². The molecule has 1 heterocycles. The average Bonchev–Trinajstić information content (AvgIpc) is 2.76. The molecule has 0 aliphatic carbocycles. The Morgan fingerprint density at radius 2 is 1.85 bits per heavy atom. The molecule has 0 aliphatic rings. The molecule has 0 aliphatic heterocycles. The third-order valence-corrected chi connectivity index (χ3v) is 5.24. The molecule has 1 aromatic carbocycles. The Bertz CT molecular complexity index is 597. The van der Waals surface area contributed by atoms with Crippen LogP contribution in [0.2, 0.25) is 0 Å². The zero-order valence-corrected chi connectivity index (χ0v) is 15.1. The average molecular weight is 401 g/mol. The van der Waals surface area contributed by atoms with Gasteiger partial charge in [-0.25, -0.2) is 0 Å². The van der Waals surface area contributed by atoms with Gasteiger partial charge in [0, 0.05) is 11.0 Å². The van der Waals surface area contributed by atoms with Gasteiger partial charge in [-0.1, -0.05) is 35.0 Å². The molecule has 0 spiro atoms. The van der Waals surface area contributed by atoms with Crippen molar-refractivity contribution in [1.82, 2.24) is 9.78 Å². The molecule has 5 heteroatoms. The van der Waals surface area contributed by atoms with Crippen LogP contribution in [-0.2, 0) is 6.54 Å². The number of hydrogen-bond donors (Lipinski definition) is 1. The summed E-state index contributed by atoms with van der Waals surface area (Å²) in [7, 11) is 0. The van der Waals surface area contributed by atoms with Gasteiger partial charge in [0.05, 0.1) is 22.4 Å². The van der Waals surface area contributed by atoms with Crippen LogP contribution in [0.1, 0.15) is 41.8 Å². The normalized spacial score (nSPS) is 12.7. The number of hydrogen-bond acceptors (Lipinski definition) is 2. The lowest BCUT2D eigenvalue weighted by molar-refractivity contribution is 0.558. The molecule has 3 nitrogen and oxygen atoms in total.